The number of amides is 1. The number of nitrogens with one attached hydrogen (secondary N) is 1. The van der Waals surface area contributed by atoms with Gasteiger partial charge < -0.3 is 15.2 Å². The van der Waals surface area contributed by atoms with Gasteiger partial charge in [0.15, 0.2) is 0 Å². The zero-order valence-electron chi connectivity index (χ0n) is 13.3. The van der Waals surface area contributed by atoms with E-state index in [-0.39, 0.29) is 18.9 Å². The van der Waals surface area contributed by atoms with Crippen LogP contribution in [0.5, 0.6) is 0 Å². The van der Waals surface area contributed by atoms with Gasteiger partial charge in [-0.05, 0) is 30.7 Å². The predicted molar refractivity (Wildman–Crippen MR) is 91.1 cm³/mol. The van der Waals surface area contributed by atoms with Crippen LogP contribution in [0.15, 0.2) is 30.3 Å². The lowest BCUT2D eigenvalue weighted by atomic mass is 9.94. The Morgan fingerprint density at radius 3 is 2.42 bits per heavy atom. The van der Waals surface area contributed by atoms with E-state index in [1.807, 2.05) is 30.3 Å². The summed E-state index contributed by atoms with van der Waals surface area (Å²) >= 11 is 0. The molecule has 0 bridgehead atoms. The van der Waals surface area contributed by atoms with Crippen molar-refractivity contribution in [3.05, 3.63) is 35.9 Å². The highest BCUT2D eigenvalue weighted by Crippen LogP contribution is 2.46. The van der Waals surface area contributed by atoms with E-state index in [1.54, 1.807) is 0 Å². The molecule has 0 radical (unpaired) electrons. The number of alkyl carbamates (subject to hydrolysis) is 1. The van der Waals surface area contributed by atoms with Crippen molar-refractivity contribution in [2.24, 2.45) is 5.92 Å². The summed E-state index contributed by atoms with van der Waals surface area (Å²) < 4.78 is 24.2. The highest BCUT2D eigenvalue weighted by molar-refractivity contribution is 8.24. The summed E-state index contributed by atoms with van der Waals surface area (Å²) in [7, 11) is -2.49. The Hall–Kier alpha value is -1.77. The Bertz CT molecular complexity index is 555. The minimum Gasteiger partial charge on any atom is -0.480 e. The third kappa shape index (κ3) is 6.03. The molecule has 1 aromatic carbocycles. The quantitative estimate of drug-likeness (QED) is 0.622. The Kier molecular flexibility index (Phi) is 6.47. The third-order valence-corrected chi connectivity index (χ3v) is 5.86. The normalized spacial score (nSPS) is 19.9. The van der Waals surface area contributed by atoms with E-state index in [1.165, 1.54) is 0 Å². The van der Waals surface area contributed by atoms with Gasteiger partial charge in [0.1, 0.15) is 12.6 Å². The topological polar surface area (TPSA) is 116 Å². The van der Waals surface area contributed by atoms with Crippen LogP contribution in [0.2, 0.25) is 0 Å². The van der Waals surface area contributed by atoms with Gasteiger partial charge in [-0.3, -0.25) is 9.11 Å². The number of carboxylic acid groups (broad SMARTS) is 1. The minimum atomic E-state index is -2.49. The summed E-state index contributed by atoms with van der Waals surface area (Å²) in [4.78, 5) is 23.1. The second-order valence-corrected chi connectivity index (χ2v) is 8.41. The molecule has 134 valence electrons. The predicted octanol–water partition coefficient (Wildman–Crippen LogP) is 2.92. The van der Waals surface area contributed by atoms with Crippen LogP contribution >= 0.6 is 10.6 Å². The van der Waals surface area contributed by atoms with Crippen molar-refractivity contribution in [3.63, 3.8) is 0 Å². The van der Waals surface area contributed by atoms with E-state index >= 15 is 0 Å². The molecule has 1 fully saturated rings. The van der Waals surface area contributed by atoms with Gasteiger partial charge in [0.05, 0.1) is 0 Å². The van der Waals surface area contributed by atoms with Crippen molar-refractivity contribution < 1.29 is 28.5 Å². The van der Waals surface area contributed by atoms with Crippen LogP contribution < -0.4 is 5.32 Å². The molecule has 2 rings (SSSR count). The molecule has 24 heavy (non-hydrogen) atoms. The van der Waals surface area contributed by atoms with Crippen LogP contribution in [0, 0.1) is 5.92 Å². The zero-order chi connectivity index (χ0) is 17.6. The summed E-state index contributed by atoms with van der Waals surface area (Å²) in [5.41, 5.74) is 0.817. The van der Waals surface area contributed by atoms with Gasteiger partial charge in [-0.25, -0.2) is 9.59 Å². The lowest BCUT2D eigenvalue weighted by Gasteiger charge is -2.39. The van der Waals surface area contributed by atoms with Crippen LogP contribution in [-0.2, 0) is 16.1 Å². The number of hydrogen-bond acceptors (Lipinski definition) is 5. The Balaban J connectivity index is 1.80. The van der Waals surface area contributed by atoms with Crippen molar-refractivity contribution in [1.29, 1.82) is 0 Å². The van der Waals surface area contributed by atoms with E-state index in [9.17, 15) is 23.8 Å². The van der Waals surface area contributed by atoms with E-state index in [0.717, 1.165) is 5.56 Å². The van der Waals surface area contributed by atoms with Crippen molar-refractivity contribution >= 4 is 22.7 Å². The number of carboxylic acids is 1. The van der Waals surface area contributed by atoms with Gasteiger partial charge in [-0.15, -0.1) is 0 Å². The van der Waals surface area contributed by atoms with Crippen LogP contribution in [-0.4, -0.2) is 43.8 Å². The summed E-state index contributed by atoms with van der Waals surface area (Å²) in [6.07, 6.45) is 0.580. The third-order valence-electron chi connectivity index (χ3n) is 4.08. The lowest BCUT2D eigenvalue weighted by Crippen LogP contribution is -2.43. The van der Waals surface area contributed by atoms with Crippen LogP contribution in [0.4, 0.5) is 4.79 Å². The van der Waals surface area contributed by atoms with Crippen molar-refractivity contribution in [1.82, 2.24) is 5.32 Å². The Morgan fingerprint density at radius 1 is 1.21 bits per heavy atom. The Labute approximate surface area is 142 Å². The molecule has 0 spiro atoms. The maximum absolute atomic E-state index is 11.8. The Morgan fingerprint density at radius 2 is 1.83 bits per heavy atom. The molecule has 1 aliphatic heterocycles. The maximum atomic E-state index is 11.8. The molecule has 8 heteroatoms. The van der Waals surface area contributed by atoms with Gasteiger partial charge in [0, 0.05) is 11.5 Å². The molecule has 1 amide bonds. The van der Waals surface area contributed by atoms with Gasteiger partial charge in [-0.2, -0.15) is 10.6 Å². The molecule has 0 saturated carbocycles. The number of rotatable bonds is 6. The SMILES string of the molecule is O=C(NC(CC1CCS(O)(O)CC1)C(=O)O)OCc1ccccc1. The lowest BCUT2D eigenvalue weighted by molar-refractivity contribution is -0.139. The number of carbonyl (C=O) groups excluding carboxylic acids is 1. The fourth-order valence-electron chi connectivity index (χ4n) is 2.65. The first-order valence-corrected chi connectivity index (χ1v) is 9.68. The van der Waals surface area contributed by atoms with Crippen LogP contribution in [0.25, 0.3) is 0 Å². The molecule has 7 nitrogen and oxygen atoms in total. The second-order valence-electron chi connectivity index (χ2n) is 5.99. The number of aliphatic carboxylic acids is 1. The van der Waals surface area contributed by atoms with Gasteiger partial charge in [0.25, 0.3) is 0 Å². The van der Waals surface area contributed by atoms with Gasteiger partial charge in [-0.1, -0.05) is 30.3 Å². The molecule has 1 saturated heterocycles. The largest absolute Gasteiger partial charge is 0.480 e. The first-order valence-electron chi connectivity index (χ1n) is 7.79. The molecule has 1 aromatic rings. The standard InChI is InChI=1S/C16H23NO6S/c18-15(19)14(10-12-6-8-24(21,22)9-7-12)17-16(20)23-11-13-4-2-1-3-5-13/h1-5,12,14,21-22H,6-11H2,(H,17,20)(H,18,19). The molecular formula is C16H23NO6S. The van der Waals surface area contributed by atoms with Crippen molar-refractivity contribution in [2.75, 3.05) is 11.5 Å². The summed E-state index contributed by atoms with van der Waals surface area (Å²) in [5.74, 6) is -0.491. The first-order chi connectivity index (χ1) is 11.4. The van der Waals surface area contributed by atoms with Crippen LogP contribution in [0.1, 0.15) is 24.8 Å². The number of hydrogen-bond donors (Lipinski definition) is 4. The van der Waals surface area contributed by atoms with E-state index in [0.29, 0.717) is 24.3 Å². The molecule has 1 heterocycles. The molecule has 0 aromatic heterocycles. The first kappa shape index (κ1) is 18.6. The monoisotopic (exact) mass is 357 g/mol. The number of carbonyl (C=O) groups is 2. The van der Waals surface area contributed by atoms with E-state index < -0.39 is 28.7 Å². The van der Waals surface area contributed by atoms with E-state index in [4.69, 9.17) is 4.74 Å². The molecule has 1 atom stereocenters. The maximum Gasteiger partial charge on any atom is 0.408 e. The molecule has 1 unspecified atom stereocenters. The van der Waals surface area contributed by atoms with Gasteiger partial charge in [0.2, 0.25) is 0 Å². The van der Waals surface area contributed by atoms with Crippen molar-refractivity contribution in [3.8, 4) is 0 Å². The molecule has 0 aliphatic carbocycles. The van der Waals surface area contributed by atoms with Crippen molar-refractivity contribution in [2.45, 2.75) is 31.9 Å². The smallest absolute Gasteiger partial charge is 0.408 e. The fourth-order valence-corrected chi connectivity index (χ4v) is 4.28. The summed E-state index contributed by atoms with van der Waals surface area (Å²) in [6.45, 7) is 0.0728. The molecule has 4 N–H and O–H groups in total. The second kappa shape index (κ2) is 8.36. The fraction of sp³-hybridized carbons (Fsp3) is 0.500. The molecular weight excluding hydrogens is 334 g/mol. The average molecular weight is 357 g/mol. The minimum absolute atomic E-state index is 0.0421. The number of ether oxygens (including phenoxy) is 1. The highest BCUT2D eigenvalue weighted by atomic mass is 32.3. The van der Waals surface area contributed by atoms with Crippen LogP contribution in [0.3, 0.4) is 0 Å². The average Bonchev–Trinajstić information content (AvgIpc) is 2.55. The zero-order valence-corrected chi connectivity index (χ0v) is 14.1. The summed E-state index contributed by atoms with van der Waals surface area (Å²) in [5, 5.41) is 11.7. The summed E-state index contributed by atoms with van der Waals surface area (Å²) in [6, 6.07) is 8.07. The number of benzene rings is 1. The van der Waals surface area contributed by atoms with Gasteiger partial charge >= 0.3 is 12.1 Å². The highest BCUT2D eigenvalue weighted by Gasteiger charge is 2.29. The van der Waals surface area contributed by atoms with E-state index in [2.05, 4.69) is 5.32 Å². The molecule has 1 aliphatic rings.